The van der Waals surface area contributed by atoms with E-state index in [9.17, 15) is 0 Å². The van der Waals surface area contributed by atoms with Gasteiger partial charge in [-0.3, -0.25) is 0 Å². The number of unbranched alkanes of at least 4 members (excludes halogenated alkanes) is 1. The number of nitrogens with one attached hydrogen (secondary N) is 1. The highest BCUT2D eigenvalue weighted by Gasteiger charge is 2.07. The fourth-order valence-electron chi connectivity index (χ4n) is 1.83. The van der Waals surface area contributed by atoms with Crippen molar-refractivity contribution < 1.29 is 0 Å². The first kappa shape index (κ1) is 12.1. The molecule has 3 heterocycles. The maximum Gasteiger partial charge on any atom is 0.206 e. The summed E-state index contributed by atoms with van der Waals surface area (Å²) in [6, 6.07) is 4.06. The highest BCUT2D eigenvalue weighted by molar-refractivity contribution is 7.18. The van der Waals surface area contributed by atoms with Gasteiger partial charge in [-0.1, -0.05) is 24.7 Å². The Morgan fingerprint density at radius 3 is 3.16 bits per heavy atom. The number of hydrogen-bond acceptors (Lipinski definition) is 5. The van der Waals surface area contributed by atoms with Crippen molar-refractivity contribution in [3.63, 3.8) is 0 Å². The first-order valence-electron chi connectivity index (χ1n) is 6.37. The second-order valence-electron chi connectivity index (χ2n) is 4.30. The maximum absolute atomic E-state index is 4.28. The summed E-state index contributed by atoms with van der Waals surface area (Å²) in [5.41, 5.74) is 1.98. The number of imidazole rings is 1. The molecular weight excluding hydrogens is 258 g/mol. The minimum absolute atomic E-state index is 0.881. The molecule has 0 aromatic carbocycles. The Labute approximate surface area is 115 Å². The average Bonchev–Trinajstić information content (AvgIpc) is 3.06. The minimum atomic E-state index is 0.881. The van der Waals surface area contributed by atoms with Gasteiger partial charge in [0.15, 0.2) is 0 Å². The zero-order valence-corrected chi connectivity index (χ0v) is 11.5. The summed E-state index contributed by atoms with van der Waals surface area (Å²) in [6.07, 6.45) is 8.03. The molecule has 0 saturated heterocycles. The lowest BCUT2D eigenvalue weighted by Crippen LogP contribution is -1.99. The number of aromatic nitrogens is 4. The standard InChI is InChI=1S/C13H15N5S/c1-2-3-5-15-13-17-16-12(19-13)10-4-7-18-8-6-14-11(18)9-10/h4,6-9H,2-3,5H2,1H3,(H,15,17). The Bertz CT molecular complexity index is 672. The van der Waals surface area contributed by atoms with Crippen LogP contribution in [0.4, 0.5) is 5.13 Å². The SMILES string of the molecule is CCCCNc1nnc(-c2ccn3ccnc3c2)s1. The lowest BCUT2D eigenvalue weighted by atomic mass is 10.3. The van der Waals surface area contributed by atoms with Crippen LogP contribution >= 0.6 is 11.3 Å². The number of anilines is 1. The Kier molecular flexibility index (Phi) is 3.41. The molecule has 0 radical (unpaired) electrons. The zero-order chi connectivity index (χ0) is 13.1. The fraction of sp³-hybridized carbons (Fsp3) is 0.308. The molecule has 0 fully saturated rings. The first-order valence-corrected chi connectivity index (χ1v) is 7.19. The van der Waals surface area contributed by atoms with Crippen molar-refractivity contribution in [1.82, 2.24) is 19.6 Å². The second-order valence-corrected chi connectivity index (χ2v) is 5.28. The van der Waals surface area contributed by atoms with E-state index in [-0.39, 0.29) is 0 Å². The van der Waals surface area contributed by atoms with E-state index >= 15 is 0 Å². The van der Waals surface area contributed by atoms with Crippen molar-refractivity contribution in [1.29, 1.82) is 0 Å². The summed E-state index contributed by atoms with van der Waals surface area (Å²) in [5, 5.41) is 13.5. The highest BCUT2D eigenvalue weighted by Crippen LogP contribution is 2.26. The lowest BCUT2D eigenvalue weighted by Gasteiger charge is -1.98. The van der Waals surface area contributed by atoms with Crippen LogP contribution in [0.3, 0.4) is 0 Å². The number of pyridine rings is 1. The smallest absolute Gasteiger partial charge is 0.206 e. The number of hydrogen-bond donors (Lipinski definition) is 1. The molecule has 3 aromatic rings. The van der Waals surface area contributed by atoms with E-state index in [0.29, 0.717) is 0 Å². The van der Waals surface area contributed by atoms with E-state index in [1.54, 1.807) is 17.5 Å². The molecule has 0 spiro atoms. The topological polar surface area (TPSA) is 55.1 Å². The Hall–Kier alpha value is -1.95. The maximum atomic E-state index is 4.28. The van der Waals surface area contributed by atoms with E-state index in [0.717, 1.165) is 34.3 Å². The number of rotatable bonds is 5. The molecule has 3 rings (SSSR count). The van der Waals surface area contributed by atoms with Crippen LogP contribution in [0.1, 0.15) is 19.8 Å². The summed E-state index contributed by atoms with van der Waals surface area (Å²) in [5.74, 6) is 0. The van der Waals surface area contributed by atoms with Gasteiger partial charge in [0.2, 0.25) is 5.13 Å². The third-order valence-corrected chi connectivity index (χ3v) is 3.81. The van der Waals surface area contributed by atoms with Crippen LogP contribution in [-0.2, 0) is 0 Å². The Balaban J connectivity index is 1.81. The van der Waals surface area contributed by atoms with Gasteiger partial charge in [-0.05, 0) is 18.6 Å². The van der Waals surface area contributed by atoms with Crippen LogP contribution in [-0.4, -0.2) is 26.1 Å². The number of fused-ring (bicyclic) bond motifs is 1. The van der Waals surface area contributed by atoms with E-state index in [1.807, 2.05) is 28.9 Å². The summed E-state index contributed by atoms with van der Waals surface area (Å²) in [6.45, 7) is 3.12. The van der Waals surface area contributed by atoms with Crippen LogP contribution in [0, 0.1) is 0 Å². The van der Waals surface area contributed by atoms with Gasteiger partial charge in [-0.15, -0.1) is 10.2 Å². The van der Waals surface area contributed by atoms with E-state index in [4.69, 9.17) is 0 Å². The minimum Gasteiger partial charge on any atom is -0.360 e. The fourth-order valence-corrected chi connectivity index (χ4v) is 2.59. The zero-order valence-electron chi connectivity index (χ0n) is 10.7. The van der Waals surface area contributed by atoms with Crippen LogP contribution in [0.15, 0.2) is 30.7 Å². The molecule has 6 heteroatoms. The molecule has 0 saturated carbocycles. The second kappa shape index (κ2) is 5.36. The van der Waals surface area contributed by atoms with Gasteiger partial charge in [-0.25, -0.2) is 4.98 Å². The molecule has 0 unspecified atom stereocenters. The van der Waals surface area contributed by atoms with Crippen LogP contribution in [0.5, 0.6) is 0 Å². The van der Waals surface area contributed by atoms with Gasteiger partial charge >= 0.3 is 0 Å². The summed E-state index contributed by atoms with van der Waals surface area (Å²) in [7, 11) is 0. The van der Waals surface area contributed by atoms with Gasteiger partial charge in [0.05, 0.1) is 0 Å². The van der Waals surface area contributed by atoms with Gasteiger partial charge in [0, 0.05) is 30.7 Å². The van der Waals surface area contributed by atoms with Gasteiger partial charge < -0.3 is 9.72 Å². The normalized spacial score (nSPS) is 11.0. The molecule has 0 aliphatic rings. The van der Waals surface area contributed by atoms with E-state index in [1.165, 1.54) is 6.42 Å². The molecule has 1 N–H and O–H groups in total. The molecule has 0 aliphatic carbocycles. The van der Waals surface area contributed by atoms with Gasteiger partial charge in [0.25, 0.3) is 0 Å². The van der Waals surface area contributed by atoms with Crippen LogP contribution in [0.2, 0.25) is 0 Å². The van der Waals surface area contributed by atoms with Gasteiger partial charge in [0.1, 0.15) is 10.7 Å². The van der Waals surface area contributed by atoms with Crippen molar-refractivity contribution in [2.45, 2.75) is 19.8 Å². The predicted molar refractivity (Wildman–Crippen MR) is 77.5 cm³/mol. The Morgan fingerprint density at radius 1 is 1.32 bits per heavy atom. The van der Waals surface area contributed by atoms with E-state index in [2.05, 4.69) is 27.4 Å². The van der Waals surface area contributed by atoms with E-state index < -0.39 is 0 Å². The monoisotopic (exact) mass is 273 g/mol. The summed E-state index contributed by atoms with van der Waals surface area (Å²) >= 11 is 1.58. The molecule has 3 aromatic heterocycles. The van der Waals surface area contributed by atoms with Crippen molar-refractivity contribution in [2.24, 2.45) is 0 Å². The average molecular weight is 273 g/mol. The summed E-state index contributed by atoms with van der Waals surface area (Å²) < 4.78 is 1.98. The molecule has 0 amide bonds. The molecule has 0 aliphatic heterocycles. The molecule has 98 valence electrons. The van der Waals surface area contributed by atoms with Crippen LogP contribution in [0.25, 0.3) is 16.2 Å². The van der Waals surface area contributed by atoms with Crippen molar-refractivity contribution in [2.75, 3.05) is 11.9 Å². The Morgan fingerprint density at radius 2 is 2.26 bits per heavy atom. The van der Waals surface area contributed by atoms with Crippen molar-refractivity contribution in [3.05, 3.63) is 30.7 Å². The van der Waals surface area contributed by atoms with Crippen molar-refractivity contribution in [3.8, 4) is 10.6 Å². The lowest BCUT2D eigenvalue weighted by molar-refractivity contribution is 0.831. The largest absolute Gasteiger partial charge is 0.360 e. The molecule has 19 heavy (non-hydrogen) atoms. The highest BCUT2D eigenvalue weighted by atomic mass is 32.1. The van der Waals surface area contributed by atoms with Crippen molar-refractivity contribution >= 4 is 22.1 Å². The molecule has 5 nitrogen and oxygen atoms in total. The molecule has 0 bridgehead atoms. The van der Waals surface area contributed by atoms with Crippen LogP contribution < -0.4 is 5.32 Å². The van der Waals surface area contributed by atoms with Gasteiger partial charge in [-0.2, -0.15) is 0 Å². The third kappa shape index (κ3) is 2.58. The quantitative estimate of drug-likeness (QED) is 0.726. The molecule has 0 atom stereocenters. The first-order chi connectivity index (χ1) is 9.36. The molecular formula is C13H15N5S. The third-order valence-electron chi connectivity index (χ3n) is 2.88. The predicted octanol–water partition coefficient (Wildman–Crippen LogP) is 3.06. The number of nitrogens with zero attached hydrogens (tertiary/aromatic N) is 4. The summed E-state index contributed by atoms with van der Waals surface area (Å²) in [4.78, 5) is 4.28.